The molecule has 0 saturated heterocycles. The molecule has 0 spiro atoms. The van der Waals surface area contributed by atoms with Gasteiger partial charge < -0.3 is 16.0 Å². The molecule has 1 aromatic rings. The smallest absolute Gasteiger partial charge is 0.242 e. The highest BCUT2D eigenvalue weighted by atomic mass is 16.2. The molecule has 18 heavy (non-hydrogen) atoms. The Balaban J connectivity index is 2.56. The number of amides is 2. The summed E-state index contributed by atoms with van der Waals surface area (Å²) in [6.45, 7) is 1.76. The maximum absolute atomic E-state index is 11.8. The summed E-state index contributed by atoms with van der Waals surface area (Å²) >= 11 is 0. The largest absolute Gasteiger partial charge is 0.346 e. The highest BCUT2D eigenvalue weighted by molar-refractivity contribution is 5.85. The van der Waals surface area contributed by atoms with E-state index in [1.54, 1.807) is 24.3 Å². The average molecular weight is 250 g/mol. The quantitative estimate of drug-likeness (QED) is 0.749. The van der Waals surface area contributed by atoms with Gasteiger partial charge in [-0.2, -0.15) is 0 Å². The van der Waals surface area contributed by atoms with E-state index >= 15 is 0 Å². The molecule has 0 fully saturated rings. The lowest BCUT2D eigenvalue weighted by molar-refractivity contribution is -0.133. The molecule has 1 rings (SSSR count). The summed E-state index contributed by atoms with van der Waals surface area (Å²) in [5.74, 6) is -0.505. The highest BCUT2D eigenvalue weighted by Crippen LogP contribution is 2.17. The lowest BCUT2D eigenvalue weighted by Crippen LogP contribution is -2.41. The molecule has 0 aliphatic rings. The van der Waals surface area contributed by atoms with Crippen LogP contribution in [0.2, 0.25) is 0 Å². The Kier molecular flexibility index (Phi) is 5.26. The molecular formula is C12H18N4O2. The Morgan fingerprint density at radius 3 is 2.61 bits per heavy atom. The number of pyridine rings is 1. The molecule has 98 valence electrons. The third kappa shape index (κ3) is 3.81. The molecule has 0 aliphatic heterocycles. The zero-order valence-electron chi connectivity index (χ0n) is 10.6. The fraction of sp³-hybridized carbons (Fsp3) is 0.417. The topological polar surface area (TPSA) is 88.3 Å². The van der Waals surface area contributed by atoms with E-state index in [0.717, 1.165) is 5.56 Å². The van der Waals surface area contributed by atoms with Crippen LogP contribution in [0.4, 0.5) is 0 Å². The second-order valence-corrected chi connectivity index (χ2v) is 3.94. The van der Waals surface area contributed by atoms with Crippen LogP contribution in [-0.4, -0.2) is 41.8 Å². The van der Waals surface area contributed by atoms with E-state index in [2.05, 4.69) is 10.3 Å². The Bertz CT molecular complexity index is 408. The van der Waals surface area contributed by atoms with Gasteiger partial charge in [0, 0.05) is 19.4 Å². The Hall–Kier alpha value is -1.95. The minimum atomic E-state index is -0.340. The van der Waals surface area contributed by atoms with Gasteiger partial charge in [0.05, 0.1) is 19.1 Å². The summed E-state index contributed by atoms with van der Waals surface area (Å²) in [4.78, 5) is 28.3. The van der Waals surface area contributed by atoms with E-state index in [-0.39, 0.29) is 30.9 Å². The first-order valence-corrected chi connectivity index (χ1v) is 5.68. The molecule has 0 radical (unpaired) electrons. The number of nitrogens with two attached hydrogens (primary N) is 1. The van der Waals surface area contributed by atoms with Crippen LogP contribution in [0, 0.1) is 0 Å². The van der Waals surface area contributed by atoms with Gasteiger partial charge in [0.2, 0.25) is 11.8 Å². The molecule has 0 aromatic carbocycles. The van der Waals surface area contributed by atoms with E-state index in [1.807, 2.05) is 19.1 Å². The van der Waals surface area contributed by atoms with Crippen molar-refractivity contribution in [3.63, 3.8) is 0 Å². The van der Waals surface area contributed by atoms with Gasteiger partial charge in [0.15, 0.2) is 0 Å². The molecule has 1 atom stereocenters. The first-order chi connectivity index (χ1) is 8.56. The Labute approximate surface area is 106 Å². The minimum Gasteiger partial charge on any atom is -0.346 e. The maximum atomic E-state index is 11.8. The maximum Gasteiger partial charge on any atom is 0.242 e. The van der Waals surface area contributed by atoms with Crippen LogP contribution in [0.1, 0.15) is 18.5 Å². The summed E-state index contributed by atoms with van der Waals surface area (Å²) in [5, 5.41) is 2.45. The normalized spacial score (nSPS) is 11.7. The zero-order valence-corrected chi connectivity index (χ0v) is 10.6. The van der Waals surface area contributed by atoms with Crippen molar-refractivity contribution in [2.75, 3.05) is 20.1 Å². The number of hydrogen-bond acceptors (Lipinski definition) is 4. The minimum absolute atomic E-state index is 0.0397. The van der Waals surface area contributed by atoms with E-state index in [0.29, 0.717) is 0 Å². The Morgan fingerprint density at radius 2 is 2.06 bits per heavy atom. The molecule has 3 N–H and O–H groups in total. The van der Waals surface area contributed by atoms with Crippen LogP contribution in [0.25, 0.3) is 0 Å². The summed E-state index contributed by atoms with van der Waals surface area (Å²) in [5.41, 5.74) is 6.13. The van der Waals surface area contributed by atoms with Gasteiger partial charge in [-0.25, -0.2) is 0 Å². The number of nitrogens with one attached hydrogen (secondary N) is 1. The standard InChI is InChI=1S/C12H18N4O2/c1-9(10-3-5-14-6-4-10)16(2)12(18)8-15-11(17)7-13/h3-6,9H,7-8,13H2,1-2H3,(H,15,17). The number of hydrogen-bond donors (Lipinski definition) is 2. The van der Waals surface area contributed by atoms with Gasteiger partial charge in [-0.3, -0.25) is 14.6 Å². The van der Waals surface area contributed by atoms with Crippen molar-refractivity contribution in [1.29, 1.82) is 0 Å². The average Bonchev–Trinajstić information content (AvgIpc) is 2.43. The number of carbonyl (C=O) groups is 2. The van der Waals surface area contributed by atoms with Crippen molar-refractivity contribution in [1.82, 2.24) is 15.2 Å². The number of rotatable bonds is 5. The lowest BCUT2D eigenvalue weighted by Gasteiger charge is -2.25. The van der Waals surface area contributed by atoms with Crippen LogP contribution < -0.4 is 11.1 Å². The SMILES string of the molecule is CC(c1ccncc1)N(C)C(=O)CNC(=O)CN. The van der Waals surface area contributed by atoms with Gasteiger partial charge in [-0.1, -0.05) is 0 Å². The molecule has 2 amide bonds. The number of nitrogens with zero attached hydrogens (tertiary/aromatic N) is 2. The van der Waals surface area contributed by atoms with E-state index in [9.17, 15) is 9.59 Å². The van der Waals surface area contributed by atoms with Gasteiger partial charge in [0.25, 0.3) is 0 Å². The van der Waals surface area contributed by atoms with Gasteiger partial charge >= 0.3 is 0 Å². The predicted octanol–water partition coefficient (Wildman–Crippen LogP) is -0.324. The number of likely N-dealkylation sites (N-methyl/N-ethyl adjacent to an activating group) is 1. The van der Waals surface area contributed by atoms with Crippen molar-refractivity contribution in [3.05, 3.63) is 30.1 Å². The predicted molar refractivity (Wildman–Crippen MR) is 67.5 cm³/mol. The summed E-state index contributed by atoms with van der Waals surface area (Å²) in [6.07, 6.45) is 3.36. The van der Waals surface area contributed by atoms with Crippen LogP contribution >= 0.6 is 0 Å². The van der Waals surface area contributed by atoms with Crippen molar-refractivity contribution >= 4 is 11.8 Å². The van der Waals surface area contributed by atoms with Crippen LogP contribution in [0.3, 0.4) is 0 Å². The van der Waals surface area contributed by atoms with Crippen LogP contribution in [0.15, 0.2) is 24.5 Å². The fourth-order valence-electron chi connectivity index (χ4n) is 1.45. The van der Waals surface area contributed by atoms with E-state index < -0.39 is 0 Å². The first kappa shape index (κ1) is 14.1. The molecule has 0 aliphatic carbocycles. The van der Waals surface area contributed by atoms with Crippen LogP contribution in [-0.2, 0) is 9.59 Å². The monoisotopic (exact) mass is 250 g/mol. The first-order valence-electron chi connectivity index (χ1n) is 5.68. The van der Waals surface area contributed by atoms with Gasteiger partial charge in [-0.05, 0) is 24.6 Å². The van der Waals surface area contributed by atoms with Gasteiger partial charge in [-0.15, -0.1) is 0 Å². The Morgan fingerprint density at radius 1 is 1.44 bits per heavy atom. The van der Waals surface area contributed by atoms with E-state index in [1.165, 1.54) is 0 Å². The van der Waals surface area contributed by atoms with Crippen molar-refractivity contribution < 1.29 is 9.59 Å². The molecular weight excluding hydrogens is 232 g/mol. The summed E-state index contributed by atoms with van der Waals surface area (Å²) in [6, 6.07) is 3.63. The van der Waals surface area contributed by atoms with Gasteiger partial charge in [0.1, 0.15) is 0 Å². The second kappa shape index (κ2) is 6.70. The zero-order chi connectivity index (χ0) is 13.5. The summed E-state index contributed by atoms with van der Waals surface area (Å²) < 4.78 is 0. The molecule has 1 unspecified atom stereocenters. The third-order valence-electron chi connectivity index (χ3n) is 2.79. The lowest BCUT2D eigenvalue weighted by atomic mass is 10.1. The molecule has 6 nitrogen and oxygen atoms in total. The molecule has 0 bridgehead atoms. The molecule has 1 aromatic heterocycles. The molecule has 1 heterocycles. The van der Waals surface area contributed by atoms with Crippen molar-refractivity contribution in [2.45, 2.75) is 13.0 Å². The fourth-order valence-corrected chi connectivity index (χ4v) is 1.45. The van der Waals surface area contributed by atoms with E-state index in [4.69, 9.17) is 5.73 Å². The molecule has 0 saturated carbocycles. The van der Waals surface area contributed by atoms with Crippen molar-refractivity contribution in [3.8, 4) is 0 Å². The van der Waals surface area contributed by atoms with Crippen molar-refractivity contribution in [2.24, 2.45) is 5.73 Å². The summed E-state index contributed by atoms with van der Waals surface area (Å²) in [7, 11) is 1.70. The molecule has 6 heteroatoms. The second-order valence-electron chi connectivity index (χ2n) is 3.94. The highest BCUT2D eigenvalue weighted by Gasteiger charge is 2.17. The number of carbonyl (C=O) groups excluding carboxylic acids is 2. The number of aromatic nitrogens is 1. The van der Waals surface area contributed by atoms with Crippen LogP contribution in [0.5, 0.6) is 0 Å². The third-order valence-corrected chi connectivity index (χ3v) is 2.79.